The molecule has 0 radical (unpaired) electrons. The van der Waals surface area contributed by atoms with Crippen molar-refractivity contribution in [1.29, 1.82) is 0 Å². The number of rotatable bonds is 5. The van der Waals surface area contributed by atoms with Crippen LogP contribution in [0.3, 0.4) is 0 Å². The summed E-state index contributed by atoms with van der Waals surface area (Å²) in [6.45, 7) is 6.47. The highest BCUT2D eigenvalue weighted by Gasteiger charge is 2.13. The summed E-state index contributed by atoms with van der Waals surface area (Å²) in [5.74, 6) is -0.511. The van der Waals surface area contributed by atoms with Gasteiger partial charge in [0, 0.05) is 5.33 Å². The largest absolute Gasteiger partial charge is 0.462 e. The number of alkyl halides is 1. The molecule has 0 bridgehead atoms. The van der Waals surface area contributed by atoms with Crippen molar-refractivity contribution in [2.75, 3.05) is 13.2 Å². The molecule has 0 unspecified atom stereocenters. The van der Waals surface area contributed by atoms with E-state index in [1.165, 1.54) is 11.1 Å². The molecule has 170 valence electrons. The predicted molar refractivity (Wildman–Crippen MR) is 137 cm³/mol. The molecule has 33 heavy (non-hydrogen) atoms. The molecule has 5 heteroatoms. The van der Waals surface area contributed by atoms with Crippen molar-refractivity contribution in [3.63, 3.8) is 0 Å². The Bertz CT molecular complexity index is 1280. The van der Waals surface area contributed by atoms with Gasteiger partial charge in [0.2, 0.25) is 0 Å². The average Bonchev–Trinajstić information content (AvgIpc) is 2.84. The Balaban J connectivity index is 0.000000186. The molecule has 0 saturated heterocycles. The number of fused-ring (bicyclic) bond motifs is 2. The van der Waals surface area contributed by atoms with Gasteiger partial charge in [0.05, 0.1) is 24.3 Å². The van der Waals surface area contributed by atoms with Gasteiger partial charge in [-0.25, -0.2) is 9.59 Å². The highest BCUT2D eigenvalue weighted by molar-refractivity contribution is 9.08. The first-order valence-electron chi connectivity index (χ1n) is 10.9. The van der Waals surface area contributed by atoms with E-state index in [1.807, 2.05) is 93.6 Å². The molecule has 0 fully saturated rings. The number of esters is 2. The van der Waals surface area contributed by atoms with Crippen molar-refractivity contribution in [2.24, 2.45) is 0 Å². The zero-order valence-corrected chi connectivity index (χ0v) is 20.6. The van der Waals surface area contributed by atoms with Crippen LogP contribution in [0.15, 0.2) is 72.8 Å². The zero-order valence-electron chi connectivity index (χ0n) is 19.1. The number of ether oxygens (including phenoxy) is 2. The maximum atomic E-state index is 11.8. The van der Waals surface area contributed by atoms with Crippen LogP contribution in [0.5, 0.6) is 0 Å². The Morgan fingerprint density at radius 2 is 1.12 bits per heavy atom. The summed E-state index contributed by atoms with van der Waals surface area (Å²) in [6.07, 6.45) is 0. The molecular formula is C28H27BrO4. The number of halogens is 1. The fourth-order valence-corrected chi connectivity index (χ4v) is 4.19. The number of aryl methyl sites for hydroxylation is 1. The minimum Gasteiger partial charge on any atom is -0.462 e. The molecule has 4 aromatic rings. The molecule has 0 N–H and O–H groups in total. The van der Waals surface area contributed by atoms with E-state index < -0.39 is 0 Å². The second-order valence-electron chi connectivity index (χ2n) is 7.37. The smallest absolute Gasteiger partial charge is 0.338 e. The molecule has 4 rings (SSSR count). The maximum absolute atomic E-state index is 11.8. The third kappa shape index (κ3) is 5.60. The first-order chi connectivity index (χ1) is 16.0. The van der Waals surface area contributed by atoms with Gasteiger partial charge < -0.3 is 9.47 Å². The molecule has 0 aromatic heterocycles. The van der Waals surface area contributed by atoms with E-state index in [2.05, 4.69) is 15.9 Å². The maximum Gasteiger partial charge on any atom is 0.338 e. The van der Waals surface area contributed by atoms with Crippen LogP contribution in [0.4, 0.5) is 0 Å². The van der Waals surface area contributed by atoms with E-state index in [-0.39, 0.29) is 11.9 Å². The number of hydrogen-bond donors (Lipinski definition) is 0. The summed E-state index contributed by atoms with van der Waals surface area (Å²) in [6, 6.07) is 23.3. The number of benzene rings is 4. The molecule has 0 aliphatic rings. The van der Waals surface area contributed by atoms with Crippen molar-refractivity contribution >= 4 is 49.4 Å². The third-order valence-corrected chi connectivity index (χ3v) is 5.90. The first-order valence-corrected chi connectivity index (χ1v) is 12.0. The molecule has 0 aliphatic carbocycles. The summed E-state index contributed by atoms with van der Waals surface area (Å²) in [5.41, 5.74) is 3.62. The van der Waals surface area contributed by atoms with E-state index in [0.29, 0.717) is 24.3 Å². The summed E-state index contributed by atoms with van der Waals surface area (Å²) >= 11 is 3.45. The van der Waals surface area contributed by atoms with Crippen molar-refractivity contribution in [3.8, 4) is 0 Å². The molecule has 0 spiro atoms. The van der Waals surface area contributed by atoms with Gasteiger partial charge in [-0.05, 0) is 65.6 Å². The summed E-state index contributed by atoms with van der Waals surface area (Å²) in [5, 5.41) is 4.88. The van der Waals surface area contributed by atoms with E-state index in [0.717, 1.165) is 26.9 Å². The molecule has 4 nitrogen and oxygen atoms in total. The molecule has 4 aromatic carbocycles. The monoisotopic (exact) mass is 506 g/mol. The third-order valence-electron chi connectivity index (χ3n) is 5.29. The highest BCUT2D eigenvalue weighted by Crippen LogP contribution is 2.25. The van der Waals surface area contributed by atoms with Crippen LogP contribution in [0.25, 0.3) is 21.5 Å². The quantitative estimate of drug-likeness (QED) is 0.211. The number of carbonyl (C=O) groups excluding carboxylic acids is 2. The van der Waals surface area contributed by atoms with Crippen molar-refractivity contribution < 1.29 is 19.1 Å². The molecular weight excluding hydrogens is 480 g/mol. The predicted octanol–water partition coefficient (Wildman–Crippen LogP) is 7.24. The number of carbonyl (C=O) groups is 2. The Kier molecular flexibility index (Phi) is 8.61. The Hall–Kier alpha value is -3.18. The van der Waals surface area contributed by atoms with Crippen molar-refractivity contribution in [3.05, 3.63) is 95.1 Å². The molecule has 0 heterocycles. The second-order valence-corrected chi connectivity index (χ2v) is 7.93. The van der Waals surface area contributed by atoms with Gasteiger partial charge in [-0.1, -0.05) is 76.6 Å². The van der Waals surface area contributed by atoms with Crippen LogP contribution in [0, 0.1) is 6.92 Å². The molecule has 0 atom stereocenters. The summed E-state index contributed by atoms with van der Waals surface area (Å²) in [7, 11) is 0. The lowest BCUT2D eigenvalue weighted by Gasteiger charge is -2.09. The van der Waals surface area contributed by atoms with Crippen LogP contribution < -0.4 is 0 Å². The van der Waals surface area contributed by atoms with E-state index >= 15 is 0 Å². The molecule has 0 amide bonds. The fraction of sp³-hybridized carbons (Fsp3) is 0.214. The van der Waals surface area contributed by atoms with Gasteiger partial charge >= 0.3 is 11.9 Å². The van der Waals surface area contributed by atoms with Gasteiger partial charge in [-0.3, -0.25) is 0 Å². The molecule has 0 saturated carbocycles. The van der Waals surface area contributed by atoms with Gasteiger partial charge in [0.25, 0.3) is 0 Å². The minimum atomic E-state index is -0.259. The average molecular weight is 507 g/mol. The van der Waals surface area contributed by atoms with Crippen LogP contribution in [0.2, 0.25) is 0 Å². The summed E-state index contributed by atoms with van der Waals surface area (Å²) in [4.78, 5) is 23.6. The van der Waals surface area contributed by atoms with E-state index in [9.17, 15) is 9.59 Å². The SMILES string of the molecule is CCOC(=O)c1ccc(C)c2ccccc12.CCOC(=O)c1ccc(CBr)c2ccccc12. The minimum absolute atomic E-state index is 0.251. The van der Waals surface area contributed by atoms with Gasteiger partial charge in [0.1, 0.15) is 0 Å². The van der Waals surface area contributed by atoms with Crippen LogP contribution >= 0.6 is 15.9 Å². The van der Waals surface area contributed by atoms with E-state index in [1.54, 1.807) is 0 Å². The number of hydrogen-bond acceptors (Lipinski definition) is 4. The van der Waals surface area contributed by atoms with Crippen LogP contribution in [0.1, 0.15) is 45.7 Å². The standard InChI is InChI=1S/C14H13BrO2.C14H14O2/c1-2-17-14(16)13-8-7-10(9-15)11-5-3-4-6-12(11)13;1-3-16-14(15)13-9-8-10(2)11-6-4-5-7-12(11)13/h3-8H,2,9H2,1H3;4-9H,3H2,1-2H3. The van der Waals surface area contributed by atoms with Gasteiger partial charge in [-0.15, -0.1) is 0 Å². The first kappa shape index (κ1) is 24.5. The topological polar surface area (TPSA) is 52.6 Å². The lowest BCUT2D eigenvalue weighted by atomic mass is 10.0. The van der Waals surface area contributed by atoms with Crippen molar-refractivity contribution in [2.45, 2.75) is 26.1 Å². The Morgan fingerprint density at radius 1 is 0.667 bits per heavy atom. The Labute approximate surface area is 202 Å². The highest BCUT2D eigenvalue weighted by atomic mass is 79.9. The normalized spacial score (nSPS) is 10.4. The van der Waals surface area contributed by atoms with Gasteiger partial charge in [0.15, 0.2) is 0 Å². The van der Waals surface area contributed by atoms with Crippen LogP contribution in [-0.4, -0.2) is 25.2 Å². The Morgan fingerprint density at radius 3 is 1.64 bits per heavy atom. The van der Waals surface area contributed by atoms with Crippen molar-refractivity contribution in [1.82, 2.24) is 0 Å². The zero-order chi connectivity index (χ0) is 23.8. The molecule has 0 aliphatic heterocycles. The van der Waals surface area contributed by atoms with Gasteiger partial charge in [-0.2, -0.15) is 0 Å². The second kappa shape index (κ2) is 11.6. The van der Waals surface area contributed by atoms with Crippen LogP contribution in [-0.2, 0) is 14.8 Å². The lowest BCUT2D eigenvalue weighted by molar-refractivity contribution is 0.0519. The fourth-order valence-electron chi connectivity index (χ4n) is 3.70. The van der Waals surface area contributed by atoms with E-state index in [4.69, 9.17) is 9.47 Å². The lowest BCUT2D eigenvalue weighted by Crippen LogP contribution is -2.05. The summed E-state index contributed by atoms with van der Waals surface area (Å²) < 4.78 is 10.1.